The van der Waals surface area contributed by atoms with E-state index in [2.05, 4.69) is 5.32 Å². The lowest BCUT2D eigenvalue weighted by atomic mass is 10.1. The smallest absolute Gasteiger partial charge is 0.338 e. The van der Waals surface area contributed by atoms with E-state index in [1.54, 1.807) is 6.07 Å². The summed E-state index contributed by atoms with van der Waals surface area (Å²) in [5.74, 6) is -1.12. The highest BCUT2D eigenvalue weighted by atomic mass is 16.6. The SMILES string of the molecule is CCn1c(C)cc(C(=O)COC(=O)c2ccc(NCCOC)c([N+](=O)[O-])c2)c1C. The minimum atomic E-state index is -0.797. The Labute approximate surface area is 168 Å². The van der Waals surface area contributed by atoms with Crippen molar-refractivity contribution in [2.24, 2.45) is 0 Å². The Morgan fingerprint density at radius 1 is 1.24 bits per heavy atom. The van der Waals surface area contributed by atoms with Gasteiger partial charge in [-0.2, -0.15) is 0 Å². The molecule has 1 N–H and O–H groups in total. The number of methoxy groups -OCH3 is 1. The first-order valence-electron chi connectivity index (χ1n) is 9.18. The van der Waals surface area contributed by atoms with Gasteiger partial charge < -0.3 is 19.4 Å². The van der Waals surface area contributed by atoms with Crippen LogP contribution in [0.15, 0.2) is 24.3 Å². The number of nitrogens with one attached hydrogen (secondary N) is 1. The van der Waals surface area contributed by atoms with Gasteiger partial charge >= 0.3 is 5.97 Å². The second-order valence-electron chi connectivity index (χ2n) is 6.44. The summed E-state index contributed by atoms with van der Waals surface area (Å²) in [5, 5.41) is 14.2. The number of aryl methyl sites for hydroxylation is 1. The molecule has 2 rings (SSSR count). The summed E-state index contributed by atoms with van der Waals surface area (Å²) in [6, 6.07) is 5.74. The largest absolute Gasteiger partial charge is 0.454 e. The van der Waals surface area contributed by atoms with Gasteiger partial charge in [-0.15, -0.1) is 0 Å². The molecule has 9 heteroatoms. The number of anilines is 1. The van der Waals surface area contributed by atoms with Gasteiger partial charge in [-0.1, -0.05) is 0 Å². The number of ketones is 1. The summed E-state index contributed by atoms with van der Waals surface area (Å²) >= 11 is 0. The Morgan fingerprint density at radius 2 is 1.97 bits per heavy atom. The Balaban J connectivity index is 2.09. The Hall–Kier alpha value is -3.20. The fourth-order valence-electron chi connectivity index (χ4n) is 3.11. The van der Waals surface area contributed by atoms with E-state index in [0.717, 1.165) is 24.0 Å². The van der Waals surface area contributed by atoms with E-state index in [-0.39, 0.29) is 22.7 Å². The maximum Gasteiger partial charge on any atom is 0.338 e. The average Bonchev–Trinajstić information content (AvgIpc) is 2.99. The van der Waals surface area contributed by atoms with Crippen LogP contribution >= 0.6 is 0 Å². The quantitative estimate of drug-likeness (QED) is 0.213. The van der Waals surface area contributed by atoms with E-state index in [1.807, 2.05) is 25.3 Å². The monoisotopic (exact) mass is 403 g/mol. The van der Waals surface area contributed by atoms with Crippen molar-refractivity contribution in [1.82, 2.24) is 4.57 Å². The molecule has 0 radical (unpaired) electrons. The van der Waals surface area contributed by atoms with Crippen LogP contribution in [0.3, 0.4) is 0 Å². The molecule has 0 fully saturated rings. The second kappa shape index (κ2) is 9.83. The highest BCUT2D eigenvalue weighted by molar-refractivity contribution is 6.00. The van der Waals surface area contributed by atoms with Gasteiger partial charge in [0.1, 0.15) is 5.69 Å². The molecule has 0 aliphatic rings. The molecule has 2 aromatic rings. The third-order valence-corrected chi connectivity index (χ3v) is 4.58. The standard InChI is InChI=1S/C20H25N3O6/c1-5-22-13(2)10-16(14(22)3)19(24)12-29-20(25)15-6-7-17(21-8-9-28-4)18(11-15)23(26)27/h6-7,10-11,21H,5,8-9,12H2,1-4H3. The lowest BCUT2D eigenvalue weighted by molar-refractivity contribution is -0.384. The summed E-state index contributed by atoms with van der Waals surface area (Å²) < 4.78 is 12.0. The molecule has 0 atom stereocenters. The summed E-state index contributed by atoms with van der Waals surface area (Å²) in [6.45, 7) is 6.78. The highest BCUT2D eigenvalue weighted by Gasteiger charge is 2.20. The fraction of sp³-hybridized carbons (Fsp3) is 0.400. The number of nitro benzene ring substituents is 1. The molecule has 156 valence electrons. The van der Waals surface area contributed by atoms with Crippen molar-refractivity contribution in [3.8, 4) is 0 Å². The minimum Gasteiger partial charge on any atom is -0.454 e. The van der Waals surface area contributed by atoms with Crippen molar-refractivity contribution in [3.63, 3.8) is 0 Å². The maximum absolute atomic E-state index is 12.4. The summed E-state index contributed by atoms with van der Waals surface area (Å²) in [7, 11) is 1.52. The van der Waals surface area contributed by atoms with Crippen LogP contribution in [0.4, 0.5) is 11.4 Å². The third kappa shape index (κ3) is 5.20. The van der Waals surface area contributed by atoms with Crippen LogP contribution in [-0.2, 0) is 16.0 Å². The van der Waals surface area contributed by atoms with E-state index < -0.39 is 17.5 Å². The Morgan fingerprint density at radius 3 is 2.55 bits per heavy atom. The molecule has 0 spiro atoms. The number of nitrogens with zero attached hydrogens (tertiary/aromatic N) is 2. The van der Waals surface area contributed by atoms with E-state index in [4.69, 9.17) is 9.47 Å². The summed E-state index contributed by atoms with van der Waals surface area (Å²) in [6.07, 6.45) is 0. The van der Waals surface area contributed by atoms with Crippen LogP contribution in [0.25, 0.3) is 0 Å². The van der Waals surface area contributed by atoms with Crippen LogP contribution in [0.5, 0.6) is 0 Å². The molecule has 9 nitrogen and oxygen atoms in total. The molecule has 1 heterocycles. The van der Waals surface area contributed by atoms with Crippen molar-refractivity contribution in [2.45, 2.75) is 27.3 Å². The van der Waals surface area contributed by atoms with E-state index in [9.17, 15) is 19.7 Å². The maximum atomic E-state index is 12.4. The number of benzene rings is 1. The zero-order valence-electron chi connectivity index (χ0n) is 17.0. The highest BCUT2D eigenvalue weighted by Crippen LogP contribution is 2.26. The molecular weight excluding hydrogens is 378 g/mol. The first-order chi connectivity index (χ1) is 13.8. The van der Waals surface area contributed by atoms with Crippen LogP contribution < -0.4 is 5.32 Å². The lowest BCUT2D eigenvalue weighted by Crippen LogP contribution is -2.15. The molecule has 1 aromatic heterocycles. The number of rotatable bonds is 10. The summed E-state index contributed by atoms with van der Waals surface area (Å²) in [5.41, 5.74) is 2.28. The average molecular weight is 403 g/mol. The van der Waals surface area contributed by atoms with Crippen molar-refractivity contribution in [1.29, 1.82) is 0 Å². The van der Waals surface area contributed by atoms with Gasteiger partial charge in [-0.3, -0.25) is 14.9 Å². The van der Waals surface area contributed by atoms with Crippen LogP contribution in [-0.4, -0.2) is 48.1 Å². The van der Waals surface area contributed by atoms with Gasteiger partial charge in [0.05, 0.1) is 17.1 Å². The minimum absolute atomic E-state index is 0.000761. The zero-order valence-corrected chi connectivity index (χ0v) is 17.0. The number of hydrogen-bond acceptors (Lipinski definition) is 7. The normalized spacial score (nSPS) is 10.6. The molecule has 0 unspecified atom stereocenters. The molecule has 0 aliphatic carbocycles. The number of ether oxygens (including phenoxy) is 2. The number of carbonyl (C=O) groups is 2. The number of nitro groups is 1. The van der Waals surface area contributed by atoms with Gasteiger partial charge in [0.15, 0.2) is 6.61 Å². The number of aromatic nitrogens is 1. The van der Waals surface area contributed by atoms with Gasteiger partial charge in [0.25, 0.3) is 5.69 Å². The van der Waals surface area contributed by atoms with Crippen LogP contribution in [0.1, 0.15) is 39.0 Å². The fourth-order valence-corrected chi connectivity index (χ4v) is 3.11. The third-order valence-electron chi connectivity index (χ3n) is 4.58. The second-order valence-corrected chi connectivity index (χ2v) is 6.44. The number of hydrogen-bond donors (Lipinski definition) is 1. The van der Waals surface area contributed by atoms with Crippen LogP contribution in [0.2, 0.25) is 0 Å². The first-order valence-corrected chi connectivity index (χ1v) is 9.18. The molecule has 29 heavy (non-hydrogen) atoms. The van der Waals surface area contributed by atoms with Crippen LogP contribution in [0, 0.1) is 24.0 Å². The molecule has 0 saturated carbocycles. The van der Waals surface area contributed by atoms with Gasteiger partial charge in [0, 0.05) is 43.2 Å². The lowest BCUT2D eigenvalue weighted by Gasteiger charge is -2.09. The van der Waals surface area contributed by atoms with Gasteiger partial charge in [-0.05, 0) is 39.0 Å². The first kappa shape index (κ1) is 22.1. The van der Waals surface area contributed by atoms with Crippen molar-refractivity contribution >= 4 is 23.1 Å². The van der Waals surface area contributed by atoms with Gasteiger partial charge in [0.2, 0.25) is 5.78 Å². The molecule has 0 aliphatic heterocycles. The predicted molar refractivity (Wildman–Crippen MR) is 108 cm³/mol. The van der Waals surface area contributed by atoms with E-state index >= 15 is 0 Å². The van der Waals surface area contributed by atoms with Crippen molar-refractivity contribution in [2.75, 3.05) is 32.2 Å². The number of Topliss-reactive ketones (excluding diaryl/α,β-unsaturated/α-hetero) is 1. The van der Waals surface area contributed by atoms with E-state index in [1.165, 1.54) is 19.2 Å². The summed E-state index contributed by atoms with van der Waals surface area (Å²) in [4.78, 5) is 35.5. The predicted octanol–water partition coefficient (Wildman–Crippen LogP) is 3.13. The molecule has 0 saturated heterocycles. The van der Waals surface area contributed by atoms with Gasteiger partial charge in [-0.25, -0.2) is 4.79 Å². The van der Waals surface area contributed by atoms with E-state index in [0.29, 0.717) is 18.7 Å². The topological polar surface area (TPSA) is 113 Å². The molecular formula is C20H25N3O6. The van der Waals surface area contributed by atoms with Crippen molar-refractivity contribution < 1.29 is 24.0 Å². The number of carbonyl (C=O) groups excluding carboxylic acids is 2. The zero-order chi connectivity index (χ0) is 21.6. The van der Waals surface area contributed by atoms with Crippen molar-refractivity contribution in [3.05, 3.63) is 56.9 Å². The molecule has 1 aromatic carbocycles. The Bertz CT molecular complexity index is 919. The molecule has 0 bridgehead atoms. The number of esters is 1. The molecule has 0 amide bonds. The Kier molecular flexibility index (Phi) is 7.49.